The molecule has 2 heteroatoms. The Morgan fingerprint density at radius 3 is 2.50 bits per heavy atom. The van der Waals surface area contributed by atoms with Crippen LogP contribution >= 0.6 is 0 Å². The van der Waals surface area contributed by atoms with E-state index >= 15 is 0 Å². The number of ether oxygens (including phenoxy) is 1. The minimum atomic E-state index is -0.588. The molecule has 0 radical (unpaired) electrons. The third kappa shape index (κ3) is 1.39. The lowest BCUT2D eigenvalue weighted by Gasteiger charge is -2.12. The van der Waals surface area contributed by atoms with E-state index in [4.69, 9.17) is 4.74 Å². The summed E-state index contributed by atoms with van der Waals surface area (Å²) in [6.45, 7) is 0.518. The fourth-order valence-electron chi connectivity index (χ4n) is 2.09. The second-order valence-corrected chi connectivity index (χ2v) is 3.93. The Morgan fingerprint density at radius 2 is 1.62 bits per heavy atom. The van der Waals surface area contributed by atoms with Crippen molar-refractivity contribution in [3.05, 3.63) is 65.2 Å². The largest absolute Gasteiger partial charge is 0.488 e. The quantitative estimate of drug-likeness (QED) is 0.727. The summed E-state index contributed by atoms with van der Waals surface area (Å²) in [6, 6.07) is 15.5. The summed E-state index contributed by atoms with van der Waals surface area (Å²) in [4.78, 5) is 0. The molecular weight excluding hydrogens is 200 g/mol. The Kier molecular flexibility index (Phi) is 2.15. The molecule has 1 heterocycles. The molecule has 0 aliphatic carbocycles. The minimum Gasteiger partial charge on any atom is -0.488 e. The van der Waals surface area contributed by atoms with Crippen LogP contribution in [0.25, 0.3) is 0 Å². The summed E-state index contributed by atoms with van der Waals surface area (Å²) in [5, 5.41) is 10.3. The molecule has 1 unspecified atom stereocenters. The summed E-state index contributed by atoms with van der Waals surface area (Å²) in [5.74, 6) is 0.770. The number of aliphatic hydroxyl groups excluding tert-OH is 1. The van der Waals surface area contributed by atoms with Gasteiger partial charge in [-0.3, -0.25) is 0 Å². The lowest BCUT2D eigenvalue weighted by molar-refractivity contribution is 0.218. The van der Waals surface area contributed by atoms with E-state index in [9.17, 15) is 5.11 Å². The zero-order chi connectivity index (χ0) is 11.0. The van der Waals surface area contributed by atoms with Crippen molar-refractivity contribution in [2.45, 2.75) is 12.7 Å². The van der Waals surface area contributed by atoms with Crippen LogP contribution in [-0.2, 0) is 6.61 Å². The first-order valence-electron chi connectivity index (χ1n) is 5.34. The molecule has 2 nitrogen and oxygen atoms in total. The average Bonchev–Trinajstić information content (AvgIpc) is 2.49. The van der Waals surface area contributed by atoms with Gasteiger partial charge in [0.05, 0.1) is 0 Å². The molecule has 80 valence electrons. The summed E-state index contributed by atoms with van der Waals surface area (Å²) >= 11 is 0. The minimum absolute atomic E-state index is 0.518. The van der Waals surface area contributed by atoms with Gasteiger partial charge in [-0.2, -0.15) is 0 Å². The number of hydrogen-bond acceptors (Lipinski definition) is 2. The van der Waals surface area contributed by atoms with Gasteiger partial charge >= 0.3 is 0 Å². The SMILES string of the molecule is OC1c2ccccc2COc2ccccc21. The Labute approximate surface area is 94.1 Å². The Bertz CT molecular complexity index is 472. The first-order chi connectivity index (χ1) is 7.86. The van der Waals surface area contributed by atoms with Crippen molar-refractivity contribution >= 4 is 0 Å². The van der Waals surface area contributed by atoms with Crippen molar-refractivity contribution in [1.29, 1.82) is 0 Å². The zero-order valence-corrected chi connectivity index (χ0v) is 8.76. The molecule has 3 rings (SSSR count). The maximum absolute atomic E-state index is 10.3. The first-order valence-corrected chi connectivity index (χ1v) is 5.34. The topological polar surface area (TPSA) is 29.5 Å². The van der Waals surface area contributed by atoms with Crippen molar-refractivity contribution in [1.82, 2.24) is 0 Å². The second-order valence-electron chi connectivity index (χ2n) is 3.93. The van der Waals surface area contributed by atoms with E-state index in [1.165, 1.54) is 0 Å². The zero-order valence-electron chi connectivity index (χ0n) is 8.76. The van der Waals surface area contributed by atoms with Gasteiger partial charge in [0.2, 0.25) is 0 Å². The average molecular weight is 212 g/mol. The molecule has 1 aliphatic rings. The van der Waals surface area contributed by atoms with Crippen LogP contribution in [0.3, 0.4) is 0 Å². The fourth-order valence-corrected chi connectivity index (χ4v) is 2.09. The lowest BCUT2D eigenvalue weighted by atomic mass is 9.98. The fraction of sp³-hybridized carbons (Fsp3) is 0.143. The maximum Gasteiger partial charge on any atom is 0.125 e. The summed E-state index contributed by atoms with van der Waals surface area (Å²) in [6.07, 6.45) is -0.588. The number of hydrogen-bond donors (Lipinski definition) is 1. The third-order valence-corrected chi connectivity index (χ3v) is 2.95. The molecular formula is C14H12O2. The van der Waals surface area contributed by atoms with Crippen LogP contribution in [0.1, 0.15) is 22.8 Å². The van der Waals surface area contributed by atoms with Gasteiger partial charge in [0.1, 0.15) is 18.5 Å². The van der Waals surface area contributed by atoms with E-state index in [1.807, 2.05) is 48.5 Å². The highest BCUT2D eigenvalue weighted by Gasteiger charge is 2.21. The molecule has 1 atom stereocenters. The number of fused-ring (bicyclic) bond motifs is 2. The summed E-state index contributed by atoms with van der Waals surface area (Å²) in [5.41, 5.74) is 2.83. The molecule has 0 fully saturated rings. The van der Waals surface area contributed by atoms with Crippen LogP contribution < -0.4 is 4.74 Å². The second kappa shape index (κ2) is 3.65. The molecule has 1 N–H and O–H groups in total. The summed E-state index contributed by atoms with van der Waals surface area (Å²) in [7, 11) is 0. The van der Waals surface area contributed by atoms with Gasteiger partial charge in [-0.1, -0.05) is 42.5 Å². The van der Waals surface area contributed by atoms with Gasteiger partial charge < -0.3 is 9.84 Å². The van der Waals surface area contributed by atoms with Crippen molar-refractivity contribution in [2.75, 3.05) is 0 Å². The van der Waals surface area contributed by atoms with E-state index in [1.54, 1.807) is 0 Å². The molecule has 2 aromatic carbocycles. The Hall–Kier alpha value is -1.80. The molecule has 0 amide bonds. The van der Waals surface area contributed by atoms with Crippen LogP contribution in [0.15, 0.2) is 48.5 Å². The van der Waals surface area contributed by atoms with Crippen LogP contribution in [-0.4, -0.2) is 5.11 Å². The van der Waals surface area contributed by atoms with E-state index in [0.29, 0.717) is 6.61 Å². The van der Waals surface area contributed by atoms with E-state index in [-0.39, 0.29) is 0 Å². The normalized spacial score (nSPS) is 17.9. The number of aliphatic hydroxyl groups is 1. The molecule has 0 spiro atoms. The van der Waals surface area contributed by atoms with E-state index in [2.05, 4.69) is 0 Å². The Morgan fingerprint density at radius 1 is 0.938 bits per heavy atom. The van der Waals surface area contributed by atoms with Crippen LogP contribution in [0.2, 0.25) is 0 Å². The van der Waals surface area contributed by atoms with Gasteiger partial charge in [0.15, 0.2) is 0 Å². The van der Waals surface area contributed by atoms with E-state index in [0.717, 1.165) is 22.4 Å². The third-order valence-electron chi connectivity index (χ3n) is 2.95. The summed E-state index contributed by atoms with van der Waals surface area (Å²) < 4.78 is 5.69. The highest BCUT2D eigenvalue weighted by atomic mass is 16.5. The lowest BCUT2D eigenvalue weighted by Crippen LogP contribution is -2.00. The van der Waals surface area contributed by atoms with E-state index < -0.39 is 6.10 Å². The highest BCUT2D eigenvalue weighted by molar-refractivity contribution is 5.44. The molecule has 0 saturated carbocycles. The van der Waals surface area contributed by atoms with Crippen molar-refractivity contribution in [3.8, 4) is 5.75 Å². The van der Waals surface area contributed by atoms with Crippen LogP contribution in [0.4, 0.5) is 0 Å². The Balaban J connectivity index is 2.18. The van der Waals surface area contributed by atoms with Crippen LogP contribution in [0.5, 0.6) is 5.75 Å². The predicted octanol–water partition coefficient (Wildman–Crippen LogP) is 2.66. The maximum atomic E-state index is 10.3. The molecule has 0 saturated heterocycles. The van der Waals surface area contributed by atoms with Gasteiger partial charge in [0.25, 0.3) is 0 Å². The smallest absolute Gasteiger partial charge is 0.125 e. The number of benzene rings is 2. The first kappa shape index (κ1) is 9.43. The number of rotatable bonds is 0. The van der Waals surface area contributed by atoms with Crippen molar-refractivity contribution in [2.24, 2.45) is 0 Å². The molecule has 0 bridgehead atoms. The number of para-hydroxylation sites is 1. The highest BCUT2D eigenvalue weighted by Crippen LogP contribution is 2.35. The van der Waals surface area contributed by atoms with Crippen molar-refractivity contribution in [3.63, 3.8) is 0 Å². The van der Waals surface area contributed by atoms with Crippen molar-refractivity contribution < 1.29 is 9.84 Å². The van der Waals surface area contributed by atoms with Gasteiger partial charge in [-0.15, -0.1) is 0 Å². The van der Waals surface area contributed by atoms with Gasteiger partial charge in [-0.25, -0.2) is 0 Å². The van der Waals surface area contributed by atoms with Gasteiger partial charge in [-0.05, 0) is 17.2 Å². The predicted molar refractivity (Wildman–Crippen MR) is 61.3 cm³/mol. The van der Waals surface area contributed by atoms with Crippen LogP contribution in [0, 0.1) is 0 Å². The van der Waals surface area contributed by atoms with Gasteiger partial charge in [0, 0.05) is 5.56 Å². The standard InChI is InChI=1S/C14H12O2/c15-14-11-6-2-1-5-10(11)9-16-13-8-4-3-7-12(13)14/h1-8,14-15H,9H2. The monoisotopic (exact) mass is 212 g/mol. The molecule has 0 aromatic heterocycles. The molecule has 16 heavy (non-hydrogen) atoms. The molecule has 2 aromatic rings. The molecule has 1 aliphatic heterocycles.